The number of ether oxygens (including phenoxy) is 2. The minimum atomic E-state index is -4.28. The van der Waals surface area contributed by atoms with Gasteiger partial charge in [0.05, 0.1) is 61.8 Å². The molecule has 0 radical (unpaired) electrons. The molecule has 2 aromatic carbocycles. The van der Waals surface area contributed by atoms with Gasteiger partial charge >= 0.3 is 12.1 Å². The molecule has 4 aliphatic rings. The lowest BCUT2D eigenvalue weighted by molar-refractivity contribution is -0.146. The van der Waals surface area contributed by atoms with Crippen molar-refractivity contribution in [1.82, 2.24) is 24.8 Å². The van der Waals surface area contributed by atoms with E-state index in [-0.39, 0.29) is 24.3 Å². The summed E-state index contributed by atoms with van der Waals surface area (Å²) in [6.45, 7) is 0.977. The van der Waals surface area contributed by atoms with Crippen molar-refractivity contribution < 1.29 is 37.3 Å². The molecule has 0 bridgehead atoms. The number of benzene rings is 2. The maximum absolute atomic E-state index is 12.8. The Hall–Kier alpha value is -6.21. The van der Waals surface area contributed by atoms with E-state index in [1.54, 1.807) is 31.9 Å². The number of carbonyl (C=O) groups excluding carboxylic acids is 1. The molecule has 2 aliphatic heterocycles. The van der Waals surface area contributed by atoms with Gasteiger partial charge in [0.1, 0.15) is 45.5 Å². The van der Waals surface area contributed by atoms with Gasteiger partial charge in [-0.15, -0.1) is 22.7 Å². The molecule has 6 heterocycles. The van der Waals surface area contributed by atoms with Crippen LogP contribution in [0, 0.1) is 11.8 Å². The summed E-state index contributed by atoms with van der Waals surface area (Å²) in [6, 6.07) is 7.99. The third-order valence-electron chi connectivity index (χ3n) is 11.9. The van der Waals surface area contributed by atoms with Crippen LogP contribution in [0.5, 0.6) is 11.5 Å². The van der Waals surface area contributed by atoms with Crippen molar-refractivity contribution in [2.24, 2.45) is 21.8 Å². The number of thiophene rings is 2. The molecular weight excluding hydrogens is 856 g/mol. The second-order valence-corrected chi connectivity index (χ2v) is 18.0. The first-order valence-corrected chi connectivity index (χ1v) is 22.0. The monoisotopic (exact) mass is 897 g/mol. The van der Waals surface area contributed by atoms with Crippen LogP contribution in [0.3, 0.4) is 0 Å². The summed E-state index contributed by atoms with van der Waals surface area (Å²) in [7, 11) is 4.71. The Kier molecular flexibility index (Phi) is 11.5. The zero-order valence-corrected chi connectivity index (χ0v) is 36.1. The van der Waals surface area contributed by atoms with E-state index in [0.29, 0.717) is 56.8 Å². The molecule has 2 atom stereocenters. The van der Waals surface area contributed by atoms with E-state index in [9.17, 15) is 27.9 Å². The van der Waals surface area contributed by atoms with E-state index >= 15 is 0 Å². The molecule has 1 amide bonds. The van der Waals surface area contributed by atoms with Gasteiger partial charge in [-0.3, -0.25) is 19.6 Å². The SMILES string of the molecule is COc1cc2c(cc1Nc1ncnc3sc4c(c13)CC[C@H](C(=O)N(C)CCC(F)(F)F)C4)C=NC2.COc1cc2c(cc1Nc1ncnc3sc4c(c13)CC[C@H](C(=O)O)C4)C=NC2. The molecule has 0 fully saturated rings. The highest BCUT2D eigenvalue weighted by Crippen LogP contribution is 2.44. The quantitative estimate of drug-likeness (QED) is 0.120. The van der Waals surface area contributed by atoms with E-state index < -0.39 is 18.6 Å². The molecule has 326 valence electrons. The molecule has 10 rings (SSSR count). The van der Waals surface area contributed by atoms with Gasteiger partial charge in [0.2, 0.25) is 5.91 Å². The number of halogens is 3. The van der Waals surface area contributed by atoms with E-state index in [1.807, 2.05) is 36.7 Å². The summed E-state index contributed by atoms with van der Waals surface area (Å²) in [5.41, 5.74) is 8.21. The number of fused-ring (bicyclic) bond motifs is 8. The van der Waals surface area contributed by atoms with Gasteiger partial charge in [0.15, 0.2) is 0 Å². The van der Waals surface area contributed by atoms with Crippen molar-refractivity contribution in [2.75, 3.05) is 38.4 Å². The van der Waals surface area contributed by atoms with Crippen molar-refractivity contribution >= 4 is 90.4 Å². The first kappa shape index (κ1) is 42.1. The van der Waals surface area contributed by atoms with Gasteiger partial charge in [-0.2, -0.15) is 13.2 Å². The third kappa shape index (κ3) is 8.50. The van der Waals surface area contributed by atoms with E-state index in [0.717, 1.165) is 87.4 Å². The molecule has 63 heavy (non-hydrogen) atoms. The molecule has 14 nitrogen and oxygen atoms in total. The molecule has 19 heteroatoms. The molecule has 3 N–H and O–H groups in total. The zero-order valence-electron chi connectivity index (χ0n) is 34.5. The van der Waals surface area contributed by atoms with Crippen molar-refractivity contribution in [3.05, 3.63) is 80.1 Å². The molecular formula is C44H42F3N9O5S2. The van der Waals surface area contributed by atoms with Crippen LogP contribution in [0.2, 0.25) is 0 Å². The number of aryl methyl sites for hydroxylation is 2. The van der Waals surface area contributed by atoms with Crippen molar-refractivity contribution in [2.45, 2.75) is 64.2 Å². The number of carboxylic acids is 1. The standard InChI is InChI=1S/C24H24F3N5O2S.C20H18N4O3S/c1-32(6-5-24(25,26)27)23(33)13-3-4-16-19(9-13)35-22-20(16)21(29-12-30-22)31-17-7-14-10-28-11-15(14)8-18(17)34-2;1-27-15-5-12-8-21-7-11(12)4-14(15)24-18-17-13-3-2-10(20(25)26)6-16(13)28-19(17)23-9-22-18/h7-8,10,12-13H,3-6,9,11H2,1-2H3,(H,29,30,31);4-5,7,9-10H,2-3,6,8H2,1H3,(H,25,26)(H,22,23,24)/t13-;10-/m00/s1. The third-order valence-corrected chi connectivity index (χ3v) is 14.2. The van der Waals surface area contributed by atoms with Gasteiger partial charge in [0.25, 0.3) is 0 Å². The van der Waals surface area contributed by atoms with E-state index in [2.05, 4.69) is 40.6 Å². The number of aromatic nitrogens is 4. The maximum Gasteiger partial charge on any atom is 0.390 e. The second-order valence-electron chi connectivity index (χ2n) is 15.8. The fourth-order valence-corrected chi connectivity index (χ4v) is 11.1. The van der Waals surface area contributed by atoms with Crippen LogP contribution >= 0.6 is 22.7 Å². The number of anilines is 4. The van der Waals surface area contributed by atoms with Crippen LogP contribution < -0.4 is 20.1 Å². The Morgan fingerprint density at radius 2 is 1.27 bits per heavy atom. The minimum absolute atomic E-state index is 0.244. The topological polar surface area (TPSA) is 176 Å². The van der Waals surface area contributed by atoms with Crippen LogP contribution in [-0.2, 0) is 48.4 Å². The lowest BCUT2D eigenvalue weighted by atomic mass is 9.87. The Labute approximate surface area is 367 Å². The maximum atomic E-state index is 12.8. The number of hydrogen-bond donors (Lipinski definition) is 3. The number of nitrogens with one attached hydrogen (secondary N) is 2. The van der Waals surface area contributed by atoms with E-state index in [1.165, 1.54) is 35.2 Å². The number of alkyl halides is 3. The van der Waals surface area contributed by atoms with Crippen LogP contribution in [0.15, 0.2) is 46.9 Å². The van der Waals surface area contributed by atoms with Crippen LogP contribution in [0.25, 0.3) is 20.4 Å². The Balaban J connectivity index is 0.000000164. The smallest absolute Gasteiger partial charge is 0.390 e. The first-order chi connectivity index (χ1) is 30.4. The van der Waals surface area contributed by atoms with Gasteiger partial charge in [-0.05, 0) is 96.2 Å². The average molecular weight is 898 g/mol. The first-order valence-electron chi connectivity index (χ1n) is 20.4. The number of carbonyl (C=O) groups is 2. The van der Waals surface area contributed by atoms with Crippen LogP contribution in [0.1, 0.15) is 62.4 Å². The van der Waals surface area contributed by atoms with Gasteiger partial charge in [0, 0.05) is 41.7 Å². The predicted octanol–water partition coefficient (Wildman–Crippen LogP) is 8.46. The number of amides is 1. The summed E-state index contributed by atoms with van der Waals surface area (Å²) in [6.07, 6.45) is 5.09. The average Bonchev–Trinajstić information content (AvgIpc) is 4.09. The Morgan fingerprint density at radius 3 is 1.75 bits per heavy atom. The summed E-state index contributed by atoms with van der Waals surface area (Å²) in [5.74, 6) is 1.19. The molecule has 0 spiro atoms. The van der Waals surface area contributed by atoms with Crippen LogP contribution in [-0.4, -0.2) is 88.2 Å². The zero-order chi connectivity index (χ0) is 44.0. The van der Waals surface area contributed by atoms with Gasteiger partial charge in [-0.25, -0.2) is 19.9 Å². The number of aliphatic imine (C=N–C) groups is 2. The number of carboxylic acid groups (broad SMARTS) is 1. The molecule has 6 aromatic rings. The number of hydrogen-bond acceptors (Lipinski definition) is 14. The lowest BCUT2D eigenvalue weighted by Gasteiger charge is -2.27. The lowest BCUT2D eigenvalue weighted by Crippen LogP contribution is -2.37. The second kappa shape index (κ2) is 17.2. The fraction of sp³-hybridized carbons (Fsp3) is 0.364. The summed E-state index contributed by atoms with van der Waals surface area (Å²) in [5, 5.41) is 18.1. The molecule has 0 unspecified atom stereocenters. The van der Waals surface area contributed by atoms with Crippen molar-refractivity contribution in [3.8, 4) is 11.5 Å². The predicted molar refractivity (Wildman–Crippen MR) is 237 cm³/mol. The molecule has 4 aromatic heterocycles. The number of rotatable bonds is 10. The Morgan fingerprint density at radius 1 is 0.778 bits per heavy atom. The minimum Gasteiger partial charge on any atom is -0.495 e. The van der Waals surface area contributed by atoms with Gasteiger partial charge < -0.3 is 30.1 Å². The normalized spacial score (nSPS) is 17.0. The summed E-state index contributed by atoms with van der Waals surface area (Å²) in [4.78, 5) is 55.7. The molecule has 0 saturated carbocycles. The number of aliphatic carboxylic acids is 1. The highest BCUT2D eigenvalue weighted by Gasteiger charge is 2.34. The van der Waals surface area contributed by atoms with Crippen LogP contribution in [0.4, 0.5) is 36.2 Å². The van der Waals surface area contributed by atoms with Gasteiger partial charge in [-0.1, -0.05) is 0 Å². The summed E-state index contributed by atoms with van der Waals surface area (Å²) < 4.78 is 48.9. The summed E-state index contributed by atoms with van der Waals surface area (Å²) >= 11 is 3.08. The molecule has 2 aliphatic carbocycles. The van der Waals surface area contributed by atoms with E-state index in [4.69, 9.17) is 9.47 Å². The van der Waals surface area contributed by atoms with Crippen molar-refractivity contribution in [1.29, 1.82) is 0 Å². The Bertz CT molecular complexity index is 2840. The van der Waals surface area contributed by atoms with Crippen molar-refractivity contribution in [3.63, 3.8) is 0 Å². The number of methoxy groups -OCH3 is 2. The highest BCUT2D eigenvalue weighted by molar-refractivity contribution is 7.19. The fourth-order valence-electron chi connectivity index (χ4n) is 8.61. The highest BCUT2D eigenvalue weighted by atomic mass is 32.1. The largest absolute Gasteiger partial charge is 0.495 e. The number of nitrogens with zero attached hydrogens (tertiary/aromatic N) is 7. The molecule has 0 saturated heterocycles.